The molecule has 33 heavy (non-hydrogen) atoms. The lowest BCUT2D eigenvalue weighted by atomic mass is 9.90. The molecule has 0 N–H and O–H groups in total. The average molecular weight is 466 g/mol. The van der Waals surface area contributed by atoms with Gasteiger partial charge < -0.3 is 9.80 Å². The normalized spacial score (nSPS) is 22.3. The molecule has 1 aromatic carbocycles. The second-order valence-corrected chi connectivity index (χ2v) is 10.8. The Morgan fingerprint density at radius 1 is 0.909 bits per heavy atom. The van der Waals surface area contributed by atoms with Gasteiger partial charge >= 0.3 is 0 Å². The zero-order valence-electron chi connectivity index (χ0n) is 19.7. The monoisotopic (exact) mass is 465 g/mol. The van der Waals surface area contributed by atoms with Crippen LogP contribution in [0.25, 0.3) is 0 Å². The van der Waals surface area contributed by atoms with Gasteiger partial charge in [0.2, 0.25) is 11.8 Å². The van der Waals surface area contributed by atoms with Gasteiger partial charge in [0.25, 0.3) is 0 Å². The molecular formula is C27H35N3O2S. The molecule has 176 valence electrons. The molecule has 1 saturated carbocycles. The number of fused-ring (bicyclic) bond motifs is 1. The molecular weight excluding hydrogens is 430 g/mol. The predicted molar refractivity (Wildman–Crippen MR) is 132 cm³/mol. The molecule has 5 rings (SSSR count). The summed E-state index contributed by atoms with van der Waals surface area (Å²) in [5, 5.41) is 2.19. The van der Waals surface area contributed by atoms with Gasteiger partial charge in [0.05, 0.1) is 12.6 Å². The summed E-state index contributed by atoms with van der Waals surface area (Å²) in [6.45, 7) is 6.37. The van der Waals surface area contributed by atoms with E-state index in [1.54, 1.807) is 0 Å². The van der Waals surface area contributed by atoms with E-state index in [0.29, 0.717) is 25.5 Å². The van der Waals surface area contributed by atoms with E-state index in [4.69, 9.17) is 0 Å². The summed E-state index contributed by atoms with van der Waals surface area (Å²) in [5.41, 5.74) is 3.93. The number of aryl methyl sites for hydroxylation is 1. The molecule has 1 unspecified atom stereocenters. The Balaban J connectivity index is 1.27. The van der Waals surface area contributed by atoms with Gasteiger partial charge in [0, 0.05) is 43.5 Å². The zero-order valence-corrected chi connectivity index (χ0v) is 20.5. The summed E-state index contributed by atoms with van der Waals surface area (Å²) < 4.78 is 0. The van der Waals surface area contributed by atoms with E-state index in [1.165, 1.54) is 34.4 Å². The minimum Gasteiger partial charge on any atom is -0.341 e. The summed E-state index contributed by atoms with van der Waals surface area (Å²) in [7, 11) is 0. The van der Waals surface area contributed by atoms with Gasteiger partial charge in [-0.15, -0.1) is 11.3 Å². The molecule has 1 aliphatic carbocycles. The van der Waals surface area contributed by atoms with Crippen LogP contribution in [-0.2, 0) is 16.0 Å². The third-order valence-electron chi connectivity index (χ3n) is 7.75. The lowest BCUT2D eigenvalue weighted by Crippen LogP contribution is -2.46. The minimum atomic E-state index is 0.137. The highest BCUT2D eigenvalue weighted by Crippen LogP contribution is 2.38. The SMILES string of the molecule is Cc1ccccc1C1c2ccsc2CCN1CC(=O)N1CCCN(C(=O)C2CCCC2)CC1. The van der Waals surface area contributed by atoms with E-state index in [0.717, 1.165) is 45.3 Å². The fourth-order valence-corrected chi connectivity index (χ4v) is 6.79. The van der Waals surface area contributed by atoms with Crippen molar-refractivity contribution < 1.29 is 9.59 Å². The van der Waals surface area contributed by atoms with Gasteiger partial charge in [-0.1, -0.05) is 37.1 Å². The highest BCUT2D eigenvalue weighted by atomic mass is 32.1. The maximum absolute atomic E-state index is 13.4. The van der Waals surface area contributed by atoms with Crippen LogP contribution < -0.4 is 0 Å². The highest BCUT2D eigenvalue weighted by molar-refractivity contribution is 7.10. The van der Waals surface area contributed by atoms with Crippen molar-refractivity contribution in [3.63, 3.8) is 0 Å². The third kappa shape index (κ3) is 4.73. The Morgan fingerprint density at radius 2 is 1.67 bits per heavy atom. The minimum absolute atomic E-state index is 0.137. The average Bonchev–Trinajstić information content (AvgIpc) is 3.47. The molecule has 3 aliphatic rings. The maximum Gasteiger partial charge on any atom is 0.236 e. The van der Waals surface area contributed by atoms with E-state index in [1.807, 2.05) is 21.1 Å². The maximum atomic E-state index is 13.4. The molecule has 3 heterocycles. The van der Waals surface area contributed by atoms with E-state index >= 15 is 0 Å². The largest absolute Gasteiger partial charge is 0.341 e. The number of rotatable bonds is 4. The number of amides is 2. The van der Waals surface area contributed by atoms with Gasteiger partial charge in [0.15, 0.2) is 0 Å². The molecule has 2 fully saturated rings. The molecule has 0 radical (unpaired) electrons. The van der Waals surface area contributed by atoms with Crippen LogP contribution in [0.3, 0.4) is 0 Å². The standard InChI is InChI=1S/C27H35N3O2S/c1-20-7-2-5-10-22(20)26-23-12-18-33-24(23)11-15-30(26)19-25(31)28-13-6-14-29(17-16-28)27(32)21-8-3-4-9-21/h2,5,7,10,12,18,21,26H,3-4,6,8-9,11,13-17,19H2,1H3. The summed E-state index contributed by atoms with van der Waals surface area (Å²) in [4.78, 5) is 34.2. The molecule has 0 spiro atoms. The topological polar surface area (TPSA) is 43.9 Å². The Morgan fingerprint density at radius 3 is 2.48 bits per heavy atom. The fraction of sp³-hybridized carbons (Fsp3) is 0.556. The van der Waals surface area contributed by atoms with Crippen LogP contribution in [0.4, 0.5) is 0 Å². The molecule has 0 bridgehead atoms. The first-order chi connectivity index (χ1) is 16.1. The first-order valence-electron chi connectivity index (χ1n) is 12.5. The third-order valence-corrected chi connectivity index (χ3v) is 8.75. The molecule has 1 saturated heterocycles. The van der Waals surface area contributed by atoms with Crippen molar-refractivity contribution in [3.8, 4) is 0 Å². The molecule has 6 heteroatoms. The van der Waals surface area contributed by atoms with Gasteiger partial charge in [-0.3, -0.25) is 14.5 Å². The van der Waals surface area contributed by atoms with Crippen molar-refractivity contribution >= 4 is 23.2 Å². The van der Waals surface area contributed by atoms with Crippen molar-refractivity contribution in [2.45, 2.75) is 51.5 Å². The Hall–Kier alpha value is -2.18. The van der Waals surface area contributed by atoms with Crippen LogP contribution in [0.1, 0.15) is 59.7 Å². The van der Waals surface area contributed by atoms with Crippen LogP contribution in [-0.4, -0.2) is 65.8 Å². The number of carbonyl (C=O) groups excluding carboxylic acids is 2. The van der Waals surface area contributed by atoms with Crippen molar-refractivity contribution in [1.82, 2.24) is 14.7 Å². The van der Waals surface area contributed by atoms with Gasteiger partial charge in [-0.25, -0.2) is 0 Å². The van der Waals surface area contributed by atoms with Crippen molar-refractivity contribution in [2.75, 3.05) is 39.3 Å². The molecule has 1 atom stereocenters. The smallest absolute Gasteiger partial charge is 0.236 e. The summed E-state index contributed by atoms with van der Waals surface area (Å²) in [5.74, 6) is 0.736. The van der Waals surface area contributed by atoms with Gasteiger partial charge in [-0.05, 0) is 60.7 Å². The van der Waals surface area contributed by atoms with Crippen molar-refractivity contribution in [2.24, 2.45) is 5.92 Å². The number of hydrogen-bond acceptors (Lipinski definition) is 4. The second-order valence-electron chi connectivity index (χ2n) is 9.82. The zero-order chi connectivity index (χ0) is 22.8. The Kier molecular flexibility index (Phi) is 6.84. The number of benzene rings is 1. The number of hydrogen-bond donors (Lipinski definition) is 0. The van der Waals surface area contributed by atoms with Gasteiger partial charge in [-0.2, -0.15) is 0 Å². The van der Waals surface area contributed by atoms with Crippen LogP contribution >= 0.6 is 11.3 Å². The van der Waals surface area contributed by atoms with Gasteiger partial charge in [0.1, 0.15) is 0 Å². The van der Waals surface area contributed by atoms with Crippen LogP contribution in [0.5, 0.6) is 0 Å². The van der Waals surface area contributed by atoms with E-state index < -0.39 is 0 Å². The number of carbonyl (C=O) groups is 2. The molecule has 1 aromatic heterocycles. The Labute approximate surface area is 201 Å². The van der Waals surface area contributed by atoms with E-state index in [9.17, 15) is 9.59 Å². The van der Waals surface area contributed by atoms with Crippen LogP contribution in [0, 0.1) is 12.8 Å². The van der Waals surface area contributed by atoms with Crippen LogP contribution in [0.15, 0.2) is 35.7 Å². The number of nitrogens with zero attached hydrogens (tertiary/aromatic N) is 3. The molecule has 2 aromatic rings. The molecule has 5 nitrogen and oxygen atoms in total. The van der Waals surface area contributed by atoms with Crippen molar-refractivity contribution in [1.29, 1.82) is 0 Å². The highest BCUT2D eigenvalue weighted by Gasteiger charge is 2.34. The Bertz CT molecular complexity index is 997. The lowest BCUT2D eigenvalue weighted by Gasteiger charge is -2.37. The first-order valence-corrected chi connectivity index (χ1v) is 13.4. The van der Waals surface area contributed by atoms with E-state index in [-0.39, 0.29) is 17.9 Å². The second kappa shape index (κ2) is 9.98. The molecule has 2 aliphatic heterocycles. The summed E-state index contributed by atoms with van der Waals surface area (Å²) >= 11 is 1.84. The van der Waals surface area contributed by atoms with E-state index in [2.05, 4.69) is 47.5 Å². The summed E-state index contributed by atoms with van der Waals surface area (Å²) in [6, 6.07) is 10.9. The van der Waals surface area contributed by atoms with Crippen LogP contribution in [0.2, 0.25) is 0 Å². The summed E-state index contributed by atoms with van der Waals surface area (Å²) in [6.07, 6.45) is 6.32. The van der Waals surface area contributed by atoms with Crippen molar-refractivity contribution in [3.05, 3.63) is 57.3 Å². The quantitative estimate of drug-likeness (QED) is 0.678. The first kappa shape index (κ1) is 22.6. The lowest BCUT2D eigenvalue weighted by molar-refractivity contribution is -0.136. The number of thiophene rings is 1. The molecule has 2 amide bonds. The fourth-order valence-electron chi connectivity index (χ4n) is 5.89. The predicted octanol–water partition coefficient (Wildman–Crippen LogP) is 4.26.